The van der Waals surface area contributed by atoms with Crippen molar-refractivity contribution in [2.45, 2.75) is 58.3 Å². The predicted octanol–water partition coefficient (Wildman–Crippen LogP) is 4.37. The third kappa shape index (κ3) is 1.45. The van der Waals surface area contributed by atoms with E-state index in [1.807, 2.05) is 0 Å². The fourth-order valence-corrected chi connectivity index (χ4v) is 6.39. The Hall–Kier alpha value is -0.590. The first kappa shape index (κ1) is 12.2. The van der Waals surface area contributed by atoms with Crippen LogP contribution in [0.15, 0.2) is 12.2 Å². The Labute approximate surface area is 116 Å². The minimum absolute atomic E-state index is 0.0538. The summed E-state index contributed by atoms with van der Waals surface area (Å²) < 4.78 is 0. The van der Waals surface area contributed by atoms with Gasteiger partial charge in [0.15, 0.2) is 5.78 Å². The normalized spacial score (nSPS) is 52.8. The second kappa shape index (κ2) is 3.96. The van der Waals surface area contributed by atoms with Gasteiger partial charge in [0.05, 0.1) is 0 Å². The maximum absolute atomic E-state index is 12.8. The van der Waals surface area contributed by atoms with Gasteiger partial charge in [-0.3, -0.25) is 4.79 Å². The van der Waals surface area contributed by atoms with E-state index < -0.39 is 0 Å². The van der Waals surface area contributed by atoms with Crippen molar-refractivity contribution >= 4 is 5.78 Å². The number of ketones is 1. The molecule has 0 amide bonds. The first-order valence-corrected chi connectivity index (χ1v) is 8.37. The monoisotopic (exact) mass is 258 g/mol. The Bertz CT molecular complexity index is 437. The quantitative estimate of drug-likeness (QED) is 0.589. The second-order valence-electron chi connectivity index (χ2n) is 7.87. The van der Waals surface area contributed by atoms with Crippen molar-refractivity contribution in [3.63, 3.8) is 0 Å². The molecule has 0 radical (unpaired) electrons. The molecule has 4 saturated carbocycles. The number of allylic oxidation sites excluding steroid dienone is 1. The first-order valence-electron chi connectivity index (χ1n) is 8.37. The molecule has 0 aromatic heterocycles. The van der Waals surface area contributed by atoms with Gasteiger partial charge in [0.2, 0.25) is 0 Å². The van der Waals surface area contributed by atoms with Crippen LogP contribution in [0.2, 0.25) is 0 Å². The van der Waals surface area contributed by atoms with Crippen LogP contribution >= 0.6 is 0 Å². The predicted molar refractivity (Wildman–Crippen MR) is 76.6 cm³/mol. The maximum atomic E-state index is 12.8. The summed E-state index contributed by atoms with van der Waals surface area (Å²) >= 11 is 0. The smallest absolute Gasteiger partial charge is 0.164 e. The maximum Gasteiger partial charge on any atom is 0.164 e. The Kier molecular flexibility index (Phi) is 2.54. The number of Topliss-reactive ketones (excluding diaryl/α,β-unsaturated/α-hetero) is 1. The summed E-state index contributed by atoms with van der Waals surface area (Å²) in [7, 11) is 0. The van der Waals surface area contributed by atoms with Gasteiger partial charge in [-0.2, -0.15) is 0 Å². The zero-order valence-electron chi connectivity index (χ0n) is 12.2. The summed E-state index contributed by atoms with van der Waals surface area (Å²) in [6.45, 7) is 6.59. The van der Waals surface area contributed by atoms with Gasteiger partial charge in [-0.1, -0.05) is 26.3 Å². The molecule has 6 atom stereocenters. The molecule has 4 rings (SSSR count). The summed E-state index contributed by atoms with van der Waals surface area (Å²) in [5.74, 6) is 4.40. The minimum Gasteiger partial charge on any atom is -0.294 e. The van der Waals surface area contributed by atoms with E-state index in [-0.39, 0.29) is 5.41 Å². The SMILES string of the molecule is C=C1C(=O)C23CCC4C(CCC[C@@H]4C)C2CCC1C3. The summed E-state index contributed by atoms with van der Waals surface area (Å²) in [5, 5.41) is 0. The van der Waals surface area contributed by atoms with Crippen molar-refractivity contribution in [3.8, 4) is 0 Å². The molecule has 4 aliphatic carbocycles. The highest BCUT2D eigenvalue weighted by molar-refractivity contribution is 6.03. The standard InChI is InChI=1S/C18H26O/c1-11-4-3-5-15-14(11)8-9-18-10-13(6-7-16(15)18)12(2)17(18)19/h11,13-16H,2-10H2,1H3/t11-,13?,14?,15?,16?,18?/m0/s1. The van der Waals surface area contributed by atoms with E-state index in [9.17, 15) is 4.79 Å². The molecular weight excluding hydrogens is 232 g/mol. The lowest BCUT2D eigenvalue weighted by Gasteiger charge is -2.54. The lowest BCUT2D eigenvalue weighted by molar-refractivity contribution is -0.136. The first-order chi connectivity index (χ1) is 9.13. The van der Waals surface area contributed by atoms with E-state index in [4.69, 9.17) is 0 Å². The number of hydrogen-bond acceptors (Lipinski definition) is 1. The Morgan fingerprint density at radius 2 is 1.95 bits per heavy atom. The van der Waals surface area contributed by atoms with Crippen LogP contribution in [0.4, 0.5) is 0 Å². The van der Waals surface area contributed by atoms with Crippen LogP contribution in [0.3, 0.4) is 0 Å². The van der Waals surface area contributed by atoms with Gasteiger partial charge < -0.3 is 0 Å². The van der Waals surface area contributed by atoms with Gasteiger partial charge in [0.25, 0.3) is 0 Å². The van der Waals surface area contributed by atoms with E-state index in [1.165, 1.54) is 44.9 Å². The van der Waals surface area contributed by atoms with Gasteiger partial charge in [-0.25, -0.2) is 0 Å². The molecule has 1 nitrogen and oxygen atoms in total. The van der Waals surface area contributed by atoms with E-state index >= 15 is 0 Å². The molecule has 0 aromatic rings. The third-order valence-electron chi connectivity index (χ3n) is 7.30. The number of carbonyl (C=O) groups excluding carboxylic acids is 1. The van der Waals surface area contributed by atoms with Crippen molar-refractivity contribution < 1.29 is 4.79 Å². The molecule has 4 fully saturated rings. The van der Waals surface area contributed by atoms with Gasteiger partial charge in [0, 0.05) is 5.41 Å². The van der Waals surface area contributed by atoms with E-state index in [0.717, 1.165) is 29.7 Å². The number of fused-ring (bicyclic) bond motifs is 3. The van der Waals surface area contributed by atoms with Gasteiger partial charge in [-0.15, -0.1) is 0 Å². The van der Waals surface area contributed by atoms with Crippen LogP contribution in [0.1, 0.15) is 58.3 Å². The highest BCUT2D eigenvalue weighted by atomic mass is 16.1. The molecule has 1 heteroatoms. The average molecular weight is 258 g/mol. The van der Waals surface area contributed by atoms with Crippen molar-refractivity contribution in [2.75, 3.05) is 0 Å². The van der Waals surface area contributed by atoms with Gasteiger partial charge in [0.1, 0.15) is 0 Å². The molecule has 4 aliphatic rings. The van der Waals surface area contributed by atoms with E-state index in [1.54, 1.807) is 0 Å². The Balaban J connectivity index is 1.72. The molecule has 2 bridgehead atoms. The van der Waals surface area contributed by atoms with Crippen LogP contribution in [0.25, 0.3) is 0 Å². The highest BCUT2D eigenvalue weighted by Gasteiger charge is 2.61. The van der Waals surface area contributed by atoms with Crippen LogP contribution in [-0.2, 0) is 4.79 Å². The lowest BCUT2D eigenvalue weighted by atomic mass is 9.50. The van der Waals surface area contributed by atoms with E-state index in [2.05, 4.69) is 13.5 Å². The van der Waals surface area contributed by atoms with Crippen molar-refractivity contribution in [3.05, 3.63) is 12.2 Å². The van der Waals surface area contributed by atoms with Crippen molar-refractivity contribution in [1.29, 1.82) is 0 Å². The molecule has 1 spiro atoms. The third-order valence-corrected chi connectivity index (χ3v) is 7.30. The van der Waals surface area contributed by atoms with Crippen molar-refractivity contribution in [2.24, 2.45) is 35.0 Å². The molecule has 0 aromatic carbocycles. The van der Waals surface area contributed by atoms with Crippen LogP contribution in [0, 0.1) is 35.0 Å². The molecule has 19 heavy (non-hydrogen) atoms. The zero-order chi connectivity index (χ0) is 13.2. The molecule has 5 unspecified atom stereocenters. The molecule has 0 aliphatic heterocycles. The van der Waals surface area contributed by atoms with Crippen LogP contribution < -0.4 is 0 Å². The summed E-state index contributed by atoms with van der Waals surface area (Å²) in [4.78, 5) is 12.8. The highest BCUT2D eigenvalue weighted by Crippen LogP contribution is 2.64. The second-order valence-corrected chi connectivity index (χ2v) is 7.87. The number of hydrogen-bond donors (Lipinski definition) is 0. The summed E-state index contributed by atoms with van der Waals surface area (Å²) in [6, 6.07) is 0. The largest absolute Gasteiger partial charge is 0.294 e. The number of carbonyl (C=O) groups is 1. The van der Waals surface area contributed by atoms with Gasteiger partial charge >= 0.3 is 0 Å². The molecular formula is C18H26O. The summed E-state index contributed by atoms with van der Waals surface area (Å²) in [6.07, 6.45) is 10.4. The average Bonchev–Trinajstić information content (AvgIpc) is 2.60. The topological polar surface area (TPSA) is 17.1 Å². The van der Waals surface area contributed by atoms with Gasteiger partial charge in [-0.05, 0) is 73.7 Å². The fourth-order valence-electron chi connectivity index (χ4n) is 6.39. The molecule has 0 N–H and O–H groups in total. The van der Waals surface area contributed by atoms with Crippen molar-refractivity contribution in [1.82, 2.24) is 0 Å². The summed E-state index contributed by atoms with van der Waals surface area (Å²) in [5.41, 5.74) is 1.04. The molecule has 0 saturated heterocycles. The minimum atomic E-state index is 0.0538. The molecule has 104 valence electrons. The number of rotatable bonds is 0. The lowest BCUT2D eigenvalue weighted by Crippen LogP contribution is -2.49. The van der Waals surface area contributed by atoms with Crippen LogP contribution in [-0.4, -0.2) is 5.78 Å². The Morgan fingerprint density at radius 3 is 2.79 bits per heavy atom. The zero-order valence-corrected chi connectivity index (χ0v) is 12.2. The Morgan fingerprint density at radius 1 is 1.11 bits per heavy atom. The molecule has 0 heterocycles. The van der Waals surface area contributed by atoms with E-state index in [0.29, 0.717) is 17.6 Å². The fraction of sp³-hybridized carbons (Fsp3) is 0.833. The van der Waals surface area contributed by atoms with Crippen LogP contribution in [0.5, 0.6) is 0 Å².